The normalized spacial score (nSPS) is 13.6. The average Bonchev–Trinajstić information content (AvgIpc) is 2.46. The predicted octanol–water partition coefficient (Wildman–Crippen LogP) is 6.11. The summed E-state index contributed by atoms with van der Waals surface area (Å²) < 4.78 is 11.3. The van der Waals surface area contributed by atoms with Crippen LogP contribution >= 0.6 is 0 Å². The van der Waals surface area contributed by atoms with E-state index in [1.54, 1.807) is 12.5 Å². The highest BCUT2D eigenvalue weighted by Crippen LogP contribution is 2.06. The molecule has 0 aliphatic heterocycles. The Morgan fingerprint density at radius 1 is 0.750 bits per heavy atom. The molecular weight excluding hydrogens is 248 g/mol. The van der Waals surface area contributed by atoms with Gasteiger partial charge < -0.3 is 9.47 Å². The summed E-state index contributed by atoms with van der Waals surface area (Å²) in [6.07, 6.45) is 20.5. The molecule has 0 fully saturated rings. The molecule has 0 bridgehead atoms. The lowest BCUT2D eigenvalue weighted by atomic mass is 10.2. The van der Waals surface area contributed by atoms with Gasteiger partial charge in [0.15, 0.2) is 0 Å². The Bertz CT molecular complexity index is 247. The summed E-state index contributed by atoms with van der Waals surface area (Å²) in [5.74, 6) is 0. The van der Waals surface area contributed by atoms with Crippen molar-refractivity contribution < 1.29 is 9.47 Å². The minimum absolute atomic E-state index is 0.214. The van der Waals surface area contributed by atoms with Gasteiger partial charge in [0.2, 0.25) is 6.29 Å². The number of ether oxygens (including phenoxy) is 2. The Hall–Kier alpha value is -1.18. The zero-order valence-corrected chi connectivity index (χ0v) is 13.5. The standard InChI is InChI=1S/C18H32O2/c1-4-7-10-13-16-19-18(15-12-9-6-3)20-17-14-11-8-5-2/h9,12-14,16-18H,4-8,10-11,15H2,1-3H3. The minimum atomic E-state index is -0.214. The van der Waals surface area contributed by atoms with Crippen LogP contribution in [0.15, 0.2) is 36.8 Å². The van der Waals surface area contributed by atoms with Crippen LogP contribution in [0.2, 0.25) is 0 Å². The van der Waals surface area contributed by atoms with Gasteiger partial charge in [0.05, 0.1) is 12.5 Å². The zero-order valence-electron chi connectivity index (χ0n) is 13.5. The number of rotatable bonds is 13. The molecule has 0 aliphatic rings. The fraction of sp³-hybridized carbons (Fsp3) is 0.667. The summed E-state index contributed by atoms with van der Waals surface area (Å²) >= 11 is 0. The molecule has 0 aromatic rings. The summed E-state index contributed by atoms with van der Waals surface area (Å²) in [7, 11) is 0. The summed E-state index contributed by atoms with van der Waals surface area (Å²) in [5.41, 5.74) is 0. The molecule has 0 amide bonds. The number of hydrogen-bond donors (Lipinski definition) is 0. The predicted molar refractivity (Wildman–Crippen MR) is 87.3 cm³/mol. The molecule has 0 radical (unpaired) electrons. The van der Waals surface area contributed by atoms with Crippen LogP contribution in [0.25, 0.3) is 0 Å². The lowest BCUT2D eigenvalue weighted by Gasteiger charge is -2.14. The van der Waals surface area contributed by atoms with Crippen molar-refractivity contribution in [1.82, 2.24) is 0 Å². The SMILES string of the molecule is CCC=CCC(OC=CCCCC)OC=CCCCC. The second-order valence-corrected chi connectivity index (χ2v) is 4.85. The summed E-state index contributed by atoms with van der Waals surface area (Å²) in [6, 6.07) is 0. The van der Waals surface area contributed by atoms with E-state index in [1.807, 2.05) is 0 Å². The fourth-order valence-electron chi connectivity index (χ4n) is 1.58. The molecule has 2 heteroatoms. The van der Waals surface area contributed by atoms with E-state index < -0.39 is 0 Å². The maximum absolute atomic E-state index is 5.64. The first-order valence-corrected chi connectivity index (χ1v) is 8.11. The minimum Gasteiger partial charge on any atom is -0.463 e. The van der Waals surface area contributed by atoms with E-state index in [9.17, 15) is 0 Å². The Morgan fingerprint density at radius 3 is 1.75 bits per heavy atom. The molecule has 0 aliphatic carbocycles. The largest absolute Gasteiger partial charge is 0.463 e. The lowest BCUT2D eigenvalue weighted by molar-refractivity contribution is -0.0583. The molecule has 0 atom stereocenters. The Kier molecular flexibility index (Phi) is 14.9. The average molecular weight is 280 g/mol. The van der Waals surface area contributed by atoms with Gasteiger partial charge >= 0.3 is 0 Å². The van der Waals surface area contributed by atoms with E-state index in [4.69, 9.17) is 9.47 Å². The van der Waals surface area contributed by atoms with Crippen molar-refractivity contribution in [2.75, 3.05) is 0 Å². The molecule has 0 saturated heterocycles. The Balaban J connectivity index is 4.02. The van der Waals surface area contributed by atoms with E-state index in [-0.39, 0.29) is 6.29 Å². The van der Waals surface area contributed by atoms with Crippen LogP contribution in [0, 0.1) is 0 Å². The van der Waals surface area contributed by atoms with Gasteiger partial charge in [0.25, 0.3) is 0 Å². The van der Waals surface area contributed by atoms with Gasteiger partial charge in [-0.1, -0.05) is 45.8 Å². The van der Waals surface area contributed by atoms with Crippen LogP contribution in [0.4, 0.5) is 0 Å². The Labute approximate surface area is 125 Å². The van der Waals surface area contributed by atoms with Crippen molar-refractivity contribution in [2.45, 2.75) is 78.4 Å². The van der Waals surface area contributed by atoms with Gasteiger partial charge in [-0.05, 0) is 44.3 Å². The maximum Gasteiger partial charge on any atom is 0.242 e. The van der Waals surface area contributed by atoms with Crippen LogP contribution in [0.1, 0.15) is 72.1 Å². The topological polar surface area (TPSA) is 18.5 Å². The summed E-state index contributed by atoms with van der Waals surface area (Å²) in [6.45, 7) is 6.51. The van der Waals surface area contributed by atoms with Crippen molar-refractivity contribution in [3.8, 4) is 0 Å². The molecule has 0 aromatic carbocycles. The van der Waals surface area contributed by atoms with Crippen LogP contribution in [0.3, 0.4) is 0 Å². The van der Waals surface area contributed by atoms with E-state index >= 15 is 0 Å². The smallest absolute Gasteiger partial charge is 0.242 e. The number of allylic oxidation sites excluding steroid dienone is 3. The highest BCUT2D eigenvalue weighted by atomic mass is 16.7. The summed E-state index contributed by atoms with van der Waals surface area (Å²) in [5, 5.41) is 0. The molecule has 20 heavy (non-hydrogen) atoms. The molecule has 0 aromatic heterocycles. The van der Waals surface area contributed by atoms with Gasteiger partial charge in [-0.25, -0.2) is 0 Å². The molecule has 0 N–H and O–H groups in total. The summed E-state index contributed by atoms with van der Waals surface area (Å²) in [4.78, 5) is 0. The molecule has 0 unspecified atom stereocenters. The third kappa shape index (κ3) is 13.3. The van der Waals surface area contributed by atoms with Crippen molar-refractivity contribution in [2.24, 2.45) is 0 Å². The van der Waals surface area contributed by atoms with Crippen molar-refractivity contribution in [3.05, 3.63) is 36.8 Å². The molecule has 0 saturated carbocycles. The quantitative estimate of drug-likeness (QED) is 0.175. The fourth-order valence-corrected chi connectivity index (χ4v) is 1.58. The number of hydrogen-bond acceptors (Lipinski definition) is 2. The van der Waals surface area contributed by atoms with Gasteiger partial charge in [0.1, 0.15) is 0 Å². The molecule has 0 heterocycles. The van der Waals surface area contributed by atoms with Crippen molar-refractivity contribution in [1.29, 1.82) is 0 Å². The van der Waals surface area contributed by atoms with E-state index in [0.29, 0.717) is 0 Å². The molecule has 0 spiro atoms. The first-order valence-electron chi connectivity index (χ1n) is 8.11. The lowest BCUT2D eigenvalue weighted by Crippen LogP contribution is -2.10. The first-order chi connectivity index (χ1) is 9.85. The van der Waals surface area contributed by atoms with Gasteiger partial charge in [-0.3, -0.25) is 0 Å². The maximum atomic E-state index is 5.64. The third-order valence-corrected chi connectivity index (χ3v) is 2.83. The van der Waals surface area contributed by atoms with Crippen LogP contribution < -0.4 is 0 Å². The third-order valence-electron chi connectivity index (χ3n) is 2.83. The molecular formula is C18H32O2. The van der Waals surface area contributed by atoms with Gasteiger partial charge in [-0.2, -0.15) is 0 Å². The highest BCUT2D eigenvalue weighted by molar-refractivity contribution is 4.84. The van der Waals surface area contributed by atoms with Gasteiger partial charge in [0, 0.05) is 6.42 Å². The molecule has 116 valence electrons. The second-order valence-electron chi connectivity index (χ2n) is 4.85. The highest BCUT2D eigenvalue weighted by Gasteiger charge is 2.03. The first kappa shape index (κ1) is 18.8. The molecule has 2 nitrogen and oxygen atoms in total. The van der Waals surface area contributed by atoms with Crippen molar-refractivity contribution >= 4 is 0 Å². The van der Waals surface area contributed by atoms with E-state index in [2.05, 4.69) is 45.1 Å². The monoisotopic (exact) mass is 280 g/mol. The number of unbranched alkanes of at least 4 members (excludes halogenated alkanes) is 4. The zero-order chi connectivity index (χ0) is 14.9. The van der Waals surface area contributed by atoms with Crippen LogP contribution in [-0.4, -0.2) is 6.29 Å². The second kappa shape index (κ2) is 15.9. The Morgan fingerprint density at radius 2 is 1.30 bits per heavy atom. The van der Waals surface area contributed by atoms with Crippen LogP contribution in [0.5, 0.6) is 0 Å². The van der Waals surface area contributed by atoms with E-state index in [0.717, 1.165) is 25.7 Å². The molecule has 0 rings (SSSR count). The van der Waals surface area contributed by atoms with Crippen LogP contribution in [-0.2, 0) is 9.47 Å². The van der Waals surface area contributed by atoms with E-state index in [1.165, 1.54) is 25.7 Å². The van der Waals surface area contributed by atoms with Gasteiger partial charge in [-0.15, -0.1) is 0 Å². The van der Waals surface area contributed by atoms with Crippen molar-refractivity contribution in [3.63, 3.8) is 0 Å².